The van der Waals surface area contributed by atoms with Crippen molar-refractivity contribution in [3.63, 3.8) is 0 Å². The Bertz CT molecular complexity index is 963. The molecule has 2 amide bonds. The van der Waals surface area contributed by atoms with Crippen molar-refractivity contribution in [3.05, 3.63) is 22.7 Å². The first kappa shape index (κ1) is 33.6. The molecule has 1 aliphatic rings. The molecule has 0 radical (unpaired) electrons. The molecule has 0 aromatic heterocycles. The molecule has 1 aromatic rings. The van der Waals surface area contributed by atoms with Crippen molar-refractivity contribution in [3.8, 4) is 5.75 Å². The van der Waals surface area contributed by atoms with Gasteiger partial charge in [-0.1, -0.05) is 37.3 Å². The van der Waals surface area contributed by atoms with Crippen LogP contribution < -0.4 is 15.8 Å². The molecule has 1 aromatic carbocycles. The summed E-state index contributed by atoms with van der Waals surface area (Å²) in [6, 6.07) is 2.94. The number of hydrogen-bond donors (Lipinski definition) is 3. The van der Waals surface area contributed by atoms with Gasteiger partial charge in [0.1, 0.15) is 5.75 Å². The maximum atomic E-state index is 13.0. The lowest BCUT2D eigenvalue weighted by Crippen LogP contribution is -2.54. The Hall–Kier alpha value is -2.56. The number of aliphatic carboxylic acids is 1. The molecule has 1 aliphatic heterocycles. The summed E-state index contributed by atoms with van der Waals surface area (Å²) < 4.78 is 11.0. The Balaban J connectivity index is 1.63. The van der Waals surface area contributed by atoms with Crippen molar-refractivity contribution >= 4 is 35.1 Å². The number of methoxy groups -OCH3 is 2. The summed E-state index contributed by atoms with van der Waals surface area (Å²) in [4.78, 5) is 40.1. The number of benzene rings is 1. The summed E-state index contributed by atoms with van der Waals surface area (Å²) >= 11 is 6.13. The van der Waals surface area contributed by atoms with Gasteiger partial charge in [0.05, 0.1) is 35.5 Å². The summed E-state index contributed by atoms with van der Waals surface area (Å²) in [5.74, 6) is -0.454. The quantitative estimate of drug-likeness (QED) is 0.173. The maximum absolute atomic E-state index is 13.0. The average molecular weight is 583 g/mol. The third-order valence-corrected chi connectivity index (χ3v) is 7.83. The monoisotopic (exact) mass is 582 g/mol. The molecule has 2 atom stereocenters. The fourth-order valence-corrected chi connectivity index (χ4v) is 5.17. The highest BCUT2D eigenvalue weighted by Gasteiger charge is 2.31. The molecule has 226 valence electrons. The SMILES string of the molecule is COc1cc(N)c(Cl)cc1C(=O)N[C@@H]1CCN(CCCCCC(=O)N(C)CCCCCCCC(=O)O)C[C@@H]1OC. The smallest absolute Gasteiger partial charge is 0.303 e. The Morgan fingerprint density at radius 2 is 1.75 bits per heavy atom. The van der Waals surface area contributed by atoms with Crippen LogP contribution in [0.5, 0.6) is 5.75 Å². The topological polar surface area (TPSA) is 134 Å². The van der Waals surface area contributed by atoms with Crippen LogP contribution in [0.1, 0.15) is 81.0 Å². The van der Waals surface area contributed by atoms with E-state index in [2.05, 4.69) is 10.2 Å². The zero-order valence-electron chi connectivity index (χ0n) is 24.3. The van der Waals surface area contributed by atoms with E-state index in [1.165, 1.54) is 13.2 Å². The molecule has 2 rings (SSSR count). The molecule has 1 saturated heterocycles. The highest BCUT2D eigenvalue weighted by atomic mass is 35.5. The Morgan fingerprint density at radius 3 is 2.45 bits per heavy atom. The standard InChI is InChI=1S/C29H47ClN4O6/c1-33(15-10-6-4-5-9-13-28(36)37)27(35)12-8-7-11-16-34-17-14-24(26(20-34)40-3)32-29(38)21-18-22(30)23(31)19-25(21)39-2/h18-19,24,26H,4-17,20,31H2,1-3H3,(H,32,38)(H,36,37)/t24-,26+/m1/s1. The molecule has 0 spiro atoms. The number of likely N-dealkylation sites (tertiary alicyclic amines) is 1. The van der Waals surface area contributed by atoms with Gasteiger partial charge in [0.25, 0.3) is 5.91 Å². The Kier molecular flexibility index (Phi) is 15.1. The number of carbonyl (C=O) groups excluding carboxylic acids is 2. The van der Waals surface area contributed by atoms with E-state index in [1.807, 2.05) is 11.9 Å². The van der Waals surface area contributed by atoms with Gasteiger partial charge in [-0.25, -0.2) is 0 Å². The summed E-state index contributed by atoms with van der Waals surface area (Å²) in [6.07, 6.45) is 8.89. The lowest BCUT2D eigenvalue weighted by molar-refractivity contribution is -0.137. The lowest BCUT2D eigenvalue weighted by Gasteiger charge is -2.38. The molecule has 4 N–H and O–H groups in total. The van der Waals surface area contributed by atoms with Crippen LogP contribution in [-0.4, -0.2) is 92.3 Å². The fourth-order valence-electron chi connectivity index (χ4n) is 5.01. The van der Waals surface area contributed by atoms with E-state index < -0.39 is 5.97 Å². The zero-order valence-corrected chi connectivity index (χ0v) is 25.0. The first-order valence-electron chi connectivity index (χ1n) is 14.3. The van der Waals surface area contributed by atoms with E-state index >= 15 is 0 Å². The number of hydrogen-bond acceptors (Lipinski definition) is 7. The molecular formula is C29H47ClN4O6. The van der Waals surface area contributed by atoms with E-state index in [0.717, 1.165) is 84.0 Å². The molecule has 0 unspecified atom stereocenters. The number of carboxylic acid groups (broad SMARTS) is 1. The second kappa shape index (κ2) is 18.0. The summed E-state index contributed by atoms with van der Waals surface area (Å²) in [5, 5.41) is 12.0. The Morgan fingerprint density at radius 1 is 1.07 bits per heavy atom. The van der Waals surface area contributed by atoms with Crippen molar-refractivity contribution in [2.75, 3.05) is 53.2 Å². The van der Waals surface area contributed by atoms with E-state index in [1.54, 1.807) is 13.2 Å². The van der Waals surface area contributed by atoms with Crippen LogP contribution >= 0.6 is 11.6 Å². The number of halogens is 1. The van der Waals surface area contributed by atoms with Gasteiger partial charge in [0.15, 0.2) is 0 Å². The number of carboxylic acids is 1. The number of nitrogens with zero attached hydrogens (tertiary/aromatic N) is 2. The van der Waals surface area contributed by atoms with Gasteiger partial charge in [-0.2, -0.15) is 0 Å². The maximum Gasteiger partial charge on any atom is 0.303 e. The van der Waals surface area contributed by atoms with Gasteiger partial charge < -0.3 is 35.4 Å². The van der Waals surface area contributed by atoms with Crippen molar-refractivity contribution in [2.45, 2.75) is 82.8 Å². The van der Waals surface area contributed by atoms with Gasteiger partial charge >= 0.3 is 5.97 Å². The number of nitrogen functional groups attached to an aromatic ring is 1. The van der Waals surface area contributed by atoms with Crippen LogP contribution in [0.25, 0.3) is 0 Å². The van der Waals surface area contributed by atoms with E-state index in [9.17, 15) is 14.4 Å². The van der Waals surface area contributed by atoms with E-state index in [-0.39, 0.29) is 30.4 Å². The fraction of sp³-hybridized carbons (Fsp3) is 0.690. The normalized spacial score (nSPS) is 17.4. The van der Waals surface area contributed by atoms with Crippen molar-refractivity contribution in [1.82, 2.24) is 15.1 Å². The summed E-state index contributed by atoms with van der Waals surface area (Å²) in [6.45, 7) is 3.25. The number of amides is 2. The molecule has 1 heterocycles. The number of piperidine rings is 1. The van der Waals surface area contributed by atoms with Gasteiger partial charge in [0.2, 0.25) is 5.91 Å². The van der Waals surface area contributed by atoms with E-state index in [0.29, 0.717) is 28.4 Å². The van der Waals surface area contributed by atoms with Crippen LogP contribution in [0.4, 0.5) is 5.69 Å². The largest absolute Gasteiger partial charge is 0.496 e. The molecule has 11 heteroatoms. The summed E-state index contributed by atoms with van der Waals surface area (Å²) in [5.41, 5.74) is 6.53. The first-order valence-corrected chi connectivity index (χ1v) is 14.7. The predicted molar refractivity (Wildman–Crippen MR) is 157 cm³/mol. The van der Waals surface area contributed by atoms with Gasteiger partial charge in [-0.3, -0.25) is 14.4 Å². The van der Waals surface area contributed by atoms with Gasteiger partial charge in [-0.05, 0) is 44.7 Å². The number of unbranched alkanes of at least 4 members (excludes halogenated alkanes) is 6. The third-order valence-electron chi connectivity index (χ3n) is 7.50. The minimum Gasteiger partial charge on any atom is -0.496 e. The number of nitrogens with one attached hydrogen (secondary N) is 1. The lowest BCUT2D eigenvalue weighted by atomic mass is 10.00. The van der Waals surface area contributed by atoms with Crippen molar-refractivity contribution < 1.29 is 29.0 Å². The third kappa shape index (κ3) is 11.5. The highest BCUT2D eigenvalue weighted by molar-refractivity contribution is 6.33. The molecule has 10 nitrogen and oxygen atoms in total. The Labute approximate surface area is 243 Å². The predicted octanol–water partition coefficient (Wildman–Crippen LogP) is 4.19. The zero-order chi connectivity index (χ0) is 29.5. The number of nitrogens with two attached hydrogens (primary N) is 1. The van der Waals surface area contributed by atoms with Crippen LogP contribution in [-0.2, 0) is 14.3 Å². The number of rotatable bonds is 18. The number of anilines is 1. The van der Waals surface area contributed by atoms with Crippen molar-refractivity contribution in [2.24, 2.45) is 0 Å². The highest BCUT2D eigenvalue weighted by Crippen LogP contribution is 2.29. The van der Waals surface area contributed by atoms with E-state index in [4.69, 9.17) is 31.9 Å². The molecule has 0 bridgehead atoms. The molecule has 0 saturated carbocycles. The van der Waals surface area contributed by atoms with Gasteiger partial charge in [-0.15, -0.1) is 0 Å². The average Bonchev–Trinajstić information content (AvgIpc) is 2.93. The van der Waals surface area contributed by atoms with Crippen LogP contribution in [0.2, 0.25) is 5.02 Å². The van der Waals surface area contributed by atoms with Crippen LogP contribution in [0, 0.1) is 0 Å². The van der Waals surface area contributed by atoms with Gasteiger partial charge in [0, 0.05) is 52.7 Å². The molecular weight excluding hydrogens is 536 g/mol. The summed E-state index contributed by atoms with van der Waals surface area (Å²) in [7, 11) is 5.01. The molecule has 0 aliphatic carbocycles. The van der Waals surface area contributed by atoms with Crippen LogP contribution in [0.3, 0.4) is 0 Å². The second-order valence-electron chi connectivity index (χ2n) is 10.6. The second-order valence-corrected chi connectivity index (χ2v) is 11.0. The minimum atomic E-state index is -0.737. The van der Waals surface area contributed by atoms with Crippen molar-refractivity contribution in [1.29, 1.82) is 0 Å². The minimum absolute atomic E-state index is 0.132. The van der Waals surface area contributed by atoms with Crippen LogP contribution in [0.15, 0.2) is 12.1 Å². The molecule has 40 heavy (non-hydrogen) atoms. The number of ether oxygens (including phenoxy) is 2. The molecule has 1 fully saturated rings. The number of carbonyl (C=O) groups is 3. The first-order chi connectivity index (χ1) is 19.2.